The maximum Gasteiger partial charge on any atom is 0.191 e. The fourth-order valence-electron chi connectivity index (χ4n) is 2.58. The minimum Gasteiger partial charge on any atom is -0.416 e. The lowest BCUT2D eigenvalue weighted by Gasteiger charge is -2.38. The zero-order valence-electron chi connectivity index (χ0n) is 16.1. The molecule has 0 aromatic heterocycles. The van der Waals surface area contributed by atoms with E-state index in [1.54, 1.807) is 7.11 Å². The van der Waals surface area contributed by atoms with Crippen molar-refractivity contribution in [1.29, 1.82) is 0 Å². The van der Waals surface area contributed by atoms with Crippen LogP contribution in [-0.4, -0.2) is 58.9 Å². The van der Waals surface area contributed by atoms with Crippen LogP contribution in [0, 0.1) is 11.8 Å². The lowest BCUT2D eigenvalue weighted by atomic mass is 9.90. The van der Waals surface area contributed by atoms with Gasteiger partial charge in [0, 0.05) is 25.6 Å². The van der Waals surface area contributed by atoms with Gasteiger partial charge in [0.15, 0.2) is 8.32 Å². The van der Waals surface area contributed by atoms with E-state index in [9.17, 15) is 5.11 Å². The average Bonchev–Trinajstić information content (AvgIpc) is 3.23. The van der Waals surface area contributed by atoms with Gasteiger partial charge in [0.1, 0.15) is 12.9 Å². The molecule has 0 aromatic carbocycles. The van der Waals surface area contributed by atoms with Crippen LogP contribution >= 0.6 is 0 Å². The minimum atomic E-state index is -1.77. The molecule has 1 N–H and O–H groups in total. The molecule has 0 radical (unpaired) electrons. The Morgan fingerprint density at radius 1 is 1.22 bits per heavy atom. The van der Waals surface area contributed by atoms with Crippen LogP contribution in [0.5, 0.6) is 0 Å². The second-order valence-corrected chi connectivity index (χ2v) is 13.1. The highest BCUT2D eigenvalue weighted by Gasteiger charge is 2.47. The summed E-state index contributed by atoms with van der Waals surface area (Å²) in [5.41, 5.74) is 0. The number of rotatable bonds is 10. The van der Waals surface area contributed by atoms with Crippen molar-refractivity contribution >= 4 is 8.32 Å². The van der Waals surface area contributed by atoms with Crippen LogP contribution in [0.3, 0.4) is 0 Å². The summed E-state index contributed by atoms with van der Waals surface area (Å²) < 4.78 is 22.9. The van der Waals surface area contributed by atoms with Crippen LogP contribution in [-0.2, 0) is 18.6 Å². The summed E-state index contributed by atoms with van der Waals surface area (Å²) in [6, 6.07) is 0. The monoisotopic (exact) mass is 348 g/mol. The molecule has 1 aliphatic rings. The van der Waals surface area contributed by atoms with Gasteiger partial charge in [-0.05, 0) is 18.1 Å². The van der Waals surface area contributed by atoms with Gasteiger partial charge in [0.2, 0.25) is 0 Å². The number of epoxide rings is 1. The molecule has 5 atom stereocenters. The summed E-state index contributed by atoms with van der Waals surface area (Å²) in [6.45, 7) is 16.5. The van der Waals surface area contributed by atoms with E-state index in [-0.39, 0.29) is 48.6 Å². The Kier molecular flexibility index (Phi) is 7.70. The predicted octanol–water partition coefficient (Wildman–Crippen LogP) is 3.03. The van der Waals surface area contributed by atoms with Crippen molar-refractivity contribution in [3.63, 3.8) is 0 Å². The molecule has 0 amide bonds. The first-order valence-electron chi connectivity index (χ1n) is 8.56. The van der Waals surface area contributed by atoms with Crippen molar-refractivity contribution in [2.24, 2.45) is 11.8 Å². The summed E-state index contributed by atoms with van der Waals surface area (Å²) in [4.78, 5) is 0. The summed E-state index contributed by atoms with van der Waals surface area (Å²) in [7, 11) is -0.142. The number of aliphatic hydroxyl groups excluding tert-OH is 1. The molecular formula is C17H36O5Si. The fourth-order valence-corrected chi connectivity index (χ4v) is 3.70. The third-order valence-corrected chi connectivity index (χ3v) is 9.79. The van der Waals surface area contributed by atoms with Crippen LogP contribution < -0.4 is 0 Å². The van der Waals surface area contributed by atoms with E-state index >= 15 is 0 Å². The van der Waals surface area contributed by atoms with Crippen LogP contribution in [0.2, 0.25) is 18.1 Å². The van der Waals surface area contributed by atoms with Crippen molar-refractivity contribution in [2.45, 2.75) is 71.1 Å². The van der Waals surface area contributed by atoms with Crippen molar-refractivity contribution in [3.8, 4) is 0 Å². The van der Waals surface area contributed by atoms with Gasteiger partial charge in [-0.3, -0.25) is 0 Å². The fraction of sp³-hybridized carbons (Fsp3) is 1.00. The highest BCUT2D eigenvalue weighted by molar-refractivity contribution is 6.74. The summed E-state index contributed by atoms with van der Waals surface area (Å²) in [6.07, 6.45) is 0.00519. The van der Waals surface area contributed by atoms with Gasteiger partial charge in [-0.25, -0.2) is 0 Å². The van der Waals surface area contributed by atoms with Crippen LogP contribution in [0.4, 0.5) is 0 Å². The number of hydrogen-bond donors (Lipinski definition) is 1. The van der Waals surface area contributed by atoms with E-state index in [1.807, 2.05) is 0 Å². The SMILES string of the molecule is COCO[C@H]([C@@H](C)[C@H]1O[C@@H]1CO)[C@H](C)CO[Si](C)(C)C(C)(C)C. The number of hydrogen-bond acceptors (Lipinski definition) is 5. The highest BCUT2D eigenvalue weighted by atomic mass is 28.4. The Balaban J connectivity index is 2.63. The van der Waals surface area contributed by atoms with E-state index in [0.29, 0.717) is 6.61 Å². The molecule has 6 heteroatoms. The molecule has 0 aliphatic carbocycles. The lowest BCUT2D eigenvalue weighted by molar-refractivity contribution is -0.115. The summed E-state index contributed by atoms with van der Waals surface area (Å²) >= 11 is 0. The molecule has 138 valence electrons. The Morgan fingerprint density at radius 3 is 2.26 bits per heavy atom. The first kappa shape index (κ1) is 21.1. The largest absolute Gasteiger partial charge is 0.416 e. The van der Waals surface area contributed by atoms with E-state index < -0.39 is 8.32 Å². The van der Waals surface area contributed by atoms with Gasteiger partial charge < -0.3 is 23.7 Å². The van der Waals surface area contributed by atoms with Crippen molar-refractivity contribution in [1.82, 2.24) is 0 Å². The third-order valence-electron chi connectivity index (χ3n) is 5.29. The predicted molar refractivity (Wildman–Crippen MR) is 94.0 cm³/mol. The van der Waals surface area contributed by atoms with Crippen molar-refractivity contribution in [2.75, 3.05) is 27.1 Å². The van der Waals surface area contributed by atoms with Crippen LogP contribution in [0.15, 0.2) is 0 Å². The quantitative estimate of drug-likeness (QED) is 0.373. The number of aliphatic hydroxyl groups is 1. The zero-order valence-corrected chi connectivity index (χ0v) is 17.1. The zero-order chi connectivity index (χ0) is 17.8. The highest BCUT2D eigenvalue weighted by Crippen LogP contribution is 2.38. The molecule has 0 aromatic rings. The molecule has 0 unspecified atom stereocenters. The molecule has 0 saturated carbocycles. The first-order valence-corrected chi connectivity index (χ1v) is 11.5. The maximum atomic E-state index is 9.21. The molecule has 1 rings (SSSR count). The molecule has 1 heterocycles. The normalized spacial score (nSPS) is 26.0. The smallest absolute Gasteiger partial charge is 0.191 e. The van der Waals surface area contributed by atoms with E-state index in [0.717, 1.165) is 0 Å². The maximum absolute atomic E-state index is 9.21. The van der Waals surface area contributed by atoms with Gasteiger partial charge in [-0.1, -0.05) is 34.6 Å². The van der Waals surface area contributed by atoms with Gasteiger partial charge in [-0.2, -0.15) is 0 Å². The molecule has 0 spiro atoms. The van der Waals surface area contributed by atoms with Crippen LogP contribution in [0.25, 0.3) is 0 Å². The summed E-state index contributed by atoms with van der Waals surface area (Å²) in [5, 5.41) is 9.41. The molecule has 5 nitrogen and oxygen atoms in total. The first-order chi connectivity index (χ1) is 10.5. The standard InChI is InChI=1S/C17H36O5Si/c1-12(10-21-23(7,8)17(3,4)5)15(20-11-19-6)13(2)16-14(9-18)22-16/h12-16,18H,9-11H2,1-8H3/t12-,13-,14-,15+,16-/m1/s1. The molecule has 1 fully saturated rings. The van der Waals surface area contributed by atoms with Crippen molar-refractivity contribution < 1.29 is 23.7 Å². The average molecular weight is 349 g/mol. The second-order valence-electron chi connectivity index (χ2n) is 8.27. The van der Waals surface area contributed by atoms with Gasteiger partial charge in [0.05, 0.1) is 18.8 Å². The molecular weight excluding hydrogens is 312 g/mol. The molecule has 1 saturated heterocycles. The molecule has 23 heavy (non-hydrogen) atoms. The summed E-state index contributed by atoms with van der Waals surface area (Å²) in [5.74, 6) is 0.429. The van der Waals surface area contributed by atoms with E-state index in [2.05, 4.69) is 47.7 Å². The Hall–Kier alpha value is 0.0169. The van der Waals surface area contributed by atoms with Gasteiger partial charge in [0.25, 0.3) is 0 Å². The number of methoxy groups -OCH3 is 1. The Labute approximate surface area is 142 Å². The lowest BCUT2D eigenvalue weighted by Crippen LogP contribution is -2.44. The number of ether oxygens (including phenoxy) is 3. The second kappa shape index (κ2) is 8.40. The van der Waals surface area contributed by atoms with Crippen molar-refractivity contribution in [3.05, 3.63) is 0 Å². The van der Waals surface area contributed by atoms with Gasteiger partial charge >= 0.3 is 0 Å². The topological polar surface area (TPSA) is 60.5 Å². The minimum absolute atomic E-state index is 0.0127. The Bertz CT molecular complexity index is 355. The third kappa shape index (κ3) is 5.79. The van der Waals surface area contributed by atoms with Gasteiger partial charge in [-0.15, -0.1) is 0 Å². The Morgan fingerprint density at radius 2 is 1.83 bits per heavy atom. The van der Waals surface area contributed by atoms with E-state index in [4.69, 9.17) is 18.6 Å². The van der Waals surface area contributed by atoms with Crippen LogP contribution in [0.1, 0.15) is 34.6 Å². The van der Waals surface area contributed by atoms with E-state index in [1.165, 1.54) is 0 Å². The molecule has 0 bridgehead atoms. The molecule has 1 aliphatic heterocycles.